The monoisotopic (exact) mass is 360 g/mol. The molecule has 1 atom stereocenters. The Morgan fingerprint density at radius 1 is 1.44 bits per heavy atom. The number of hydrogen-bond donors (Lipinski definition) is 1. The average molecular weight is 360 g/mol. The molecule has 2 aromatic rings. The largest absolute Gasteiger partial charge is 0.496 e. The number of ether oxygens (including phenoxy) is 1. The Morgan fingerprint density at radius 2 is 2.20 bits per heavy atom. The lowest BCUT2D eigenvalue weighted by Crippen LogP contribution is -2.33. The molecule has 1 aromatic carbocycles. The Kier molecular flexibility index (Phi) is 7.06. The molecule has 0 saturated carbocycles. The van der Waals surface area contributed by atoms with Gasteiger partial charge in [-0.3, -0.25) is 9.36 Å². The van der Waals surface area contributed by atoms with Crippen molar-refractivity contribution in [3.8, 4) is 17.1 Å². The third-order valence-electron chi connectivity index (χ3n) is 3.73. The normalized spacial score (nSPS) is 11.8. The average Bonchev–Trinajstić information content (AvgIpc) is 3.02. The molecule has 0 aliphatic heterocycles. The van der Waals surface area contributed by atoms with Crippen LogP contribution in [0.5, 0.6) is 5.75 Å². The summed E-state index contributed by atoms with van der Waals surface area (Å²) >= 11 is 1.37. The van der Waals surface area contributed by atoms with Crippen molar-refractivity contribution in [2.75, 3.05) is 12.9 Å². The molecule has 0 aliphatic rings. The van der Waals surface area contributed by atoms with Gasteiger partial charge in [-0.25, -0.2) is 0 Å². The van der Waals surface area contributed by atoms with Gasteiger partial charge in [-0.2, -0.15) is 0 Å². The molecule has 134 valence electrons. The van der Waals surface area contributed by atoms with Crippen LogP contribution in [0.25, 0.3) is 11.4 Å². The van der Waals surface area contributed by atoms with Crippen LogP contribution in [0.4, 0.5) is 0 Å². The molecule has 1 amide bonds. The standard InChI is InChI=1S/C18H24N4O2S/c1-5-11-22-17(14-9-7-8-10-15(14)24-4)20-21-18(22)25-12-16(23)19-13(3)6-2/h5,7-10,13H,1,6,11-12H2,2-4H3,(H,19,23)/t13-/m0/s1. The van der Waals surface area contributed by atoms with E-state index in [0.717, 1.165) is 17.7 Å². The highest BCUT2D eigenvalue weighted by atomic mass is 32.2. The summed E-state index contributed by atoms with van der Waals surface area (Å²) in [7, 11) is 1.63. The molecule has 7 heteroatoms. The highest BCUT2D eigenvalue weighted by Crippen LogP contribution is 2.30. The molecule has 6 nitrogen and oxygen atoms in total. The van der Waals surface area contributed by atoms with Crippen molar-refractivity contribution in [1.82, 2.24) is 20.1 Å². The van der Waals surface area contributed by atoms with Crippen LogP contribution in [0.2, 0.25) is 0 Å². The second-order valence-corrected chi connectivity index (χ2v) is 6.51. The molecule has 0 radical (unpaired) electrons. The summed E-state index contributed by atoms with van der Waals surface area (Å²) in [5.74, 6) is 1.71. The first-order valence-corrected chi connectivity index (χ1v) is 9.18. The number of rotatable bonds is 9. The first kappa shape index (κ1) is 19.1. The van der Waals surface area contributed by atoms with E-state index in [4.69, 9.17) is 4.74 Å². The van der Waals surface area contributed by atoms with Gasteiger partial charge < -0.3 is 10.1 Å². The number of hydrogen-bond acceptors (Lipinski definition) is 5. The maximum absolute atomic E-state index is 12.0. The van der Waals surface area contributed by atoms with E-state index in [1.165, 1.54) is 11.8 Å². The Hall–Kier alpha value is -2.28. The van der Waals surface area contributed by atoms with Crippen molar-refractivity contribution in [2.24, 2.45) is 0 Å². The number of amides is 1. The molecule has 0 aliphatic carbocycles. The van der Waals surface area contributed by atoms with Crippen molar-refractivity contribution in [3.63, 3.8) is 0 Å². The van der Waals surface area contributed by atoms with Crippen LogP contribution in [0.1, 0.15) is 20.3 Å². The number of carbonyl (C=O) groups excluding carboxylic acids is 1. The molecule has 0 unspecified atom stereocenters. The summed E-state index contributed by atoms with van der Waals surface area (Å²) in [5.41, 5.74) is 0.857. The number of carbonyl (C=O) groups is 1. The maximum atomic E-state index is 12.0. The van der Waals surface area contributed by atoms with Gasteiger partial charge in [0.2, 0.25) is 5.91 Å². The zero-order valence-electron chi connectivity index (χ0n) is 14.9. The van der Waals surface area contributed by atoms with Crippen molar-refractivity contribution < 1.29 is 9.53 Å². The van der Waals surface area contributed by atoms with Crippen molar-refractivity contribution in [2.45, 2.75) is 38.0 Å². The van der Waals surface area contributed by atoms with Gasteiger partial charge in [-0.15, -0.1) is 16.8 Å². The smallest absolute Gasteiger partial charge is 0.230 e. The molecular formula is C18H24N4O2S. The molecule has 0 bridgehead atoms. The Bertz CT molecular complexity index is 730. The van der Waals surface area contributed by atoms with Gasteiger partial charge in [0.05, 0.1) is 18.4 Å². The van der Waals surface area contributed by atoms with Crippen LogP contribution >= 0.6 is 11.8 Å². The Labute approximate surface area is 152 Å². The second kappa shape index (κ2) is 9.27. The molecule has 2 rings (SSSR count). The number of allylic oxidation sites excluding steroid dienone is 1. The summed E-state index contributed by atoms with van der Waals surface area (Å²) in [5, 5.41) is 12.2. The van der Waals surface area contributed by atoms with E-state index < -0.39 is 0 Å². The third kappa shape index (κ3) is 4.85. The van der Waals surface area contributed by atoms with Gasteiger partial charge in [0.1, 0.15) is 5.75 Å². The van der Waals surface area contributed by atoms with Crippen LogP contribution in [0, 0.1) is 0 Å². The second-order valence-electron chi connectivity index (χ2n) is 5.57. The molecule has 1 heterocycles. The summed E-state index contributed by atoms with van der Waals surface area (Å²) in [6.45, 7) is 8.38. The Morgan fingerprint density at radius 3 is 2.88 bits per heavy atom. The topological polar surface area (TPSA) is 69.0 Å². The minimum atomic E-state index is -0.00801. The van der Waals surface area contributed by atoms with E-state index in [9.17, 15) is 4.79 Å². The van der Waals surface area contributed by atoms with Crippen molar-refractivity contribution >= 4 is 17.7 Å². The SMILES string of the molecule is C=CCn1c(SCC(=O)N[C@@H](C)CC)nnc1-c1ccccc1OC. The van der Waals surface area contributed by atoms with Crippen LogP contribution in [-0.2, 0) is 11.3 Å². The summed E-state index contributed by atoms with van der Waals surface area (Å²) < 4.78 is 7.36. The third-order valence-corrected chi connectivity index (χ3v) is 4.70. The molecule has 1 N–H and O–H groups in total. The van der Waals surface area contributed by atoms with Gasteiger partial charge >= 0.3 is 0 Å². The van der Waals surface area contributed by atoms with E-state index in [0.29, 0.717) is 23.3 Å². The Balaban J connectivity index is 2.22. The number of methoxy groups -OCH3 is 1. The van der Waals surface area contributed by atoms with Crippen LogP contribution < -0.4 is 10.1 Å². The van der Waals surface area contributed by atoms with E-state index in [2.05, 4.69) is 22.1 Å². The van der Waals surface area contributed by atoms with Gasteiger partial charge in [0, 0.05) is 12.6 Å². The zero-order valence-corrected chi connectivity index (χ0v) is 15.7. The summed E-state index contributed by atoms with van der Waals surface area (Å²) in [6, 6.07) is 7.83. The highest BCUT2D eigenvalue weighted by molar-refractivity contribution is 7.99. The summed E-state index contributed by atoms with van der Waals surface area (Å²) in [4.78, 5) is 12.0. The van der Waals surface area contributed by atoms with E-state index in [1.54, 1.807) is 13.2 Å². The molecule has 0 fully saturated rings. The van der Waals surface area contributed by atoms with Crippen LogP contribution in [0.3, 0.4) is 0 Å². The van der Waals surface area contributed by atoms with Gasteiger partial charge in [-0.05, 0) is 25.5 Å². The van der Waals surface area contributed by atoms with Gasteiger partial charge in [0.25, 0.3) is 0 Å². The zero-order chi connectivity index (χ0) is 18.2. The molecule has 0 saturated heterocycles. The summed E-state index contributed by atoms with van der Waals surface area (Å²) in [6.07, 6.45) is 2.69. The van der Waals surface area contributed by atoms with E-state index in [-0.39, 0.29) is 11.9 Å². The number of nitrogens with one attached hydrogen (secondary N) is 1. The van der Waals surface area contributed by atoms with E-state index in [1.807, 2.05) is 42.7 Å². The number of thioether (sulfide) groups is 1. The fraction of sp³-hybridized carbons (Fsp3) is 0.389. The lowest BCUT2D eigenvalue weighted by Gasteiger charge is -2.12. The minimum absolute atomic E-state index is 0.00801. The van der Waals surface area contributed by atoms with Crippen LogP contribution in [-0.4, -0.2) is 39.6 Å². The molecule has 1 aromatic heterocycles. The fourth-order valence-corrected chi connectivity index (χ4v) is 3.03. The molecular weight excluding hydrogens is 336 g/mol. The maximum Gasteiger partial charge on any atom is 0.230 e. The lowest BCUT2D eigenvalue weighted by atomic mass is 10.2. The quantitative estimate of drug-likeness (QED) is 0.549. The molecule has 0 spiro atoms. The predicted octanol–water partition coefficient (Wildman–Crippen LogP) is 3.15. The minimum Gasteiger partial charge on any atom is -0.496 e. The van der Waals surface area contributed by atoms with Gasteiger partial charge in [-0.1, -0.05) is 36.9 Å². The number of para-hydroxylation sites is 1. The lowest BCUT2D eigenvalue weighted by molar-refractivity contribution is -0.119. The fourth-order valence-electron chi connectivity index (χ4n) is 2.27. The molecule has 25 heavy (non-hydrogen) atoms. The van der Waals surface area contributed by atoms with Crippen LogP contribution in [0.15, 0.2) is 42.1 Å². The number of aromatic nitrogens is 3. The van der Waals surface area contributed by atoms with Gasteiger partial charge in [0.15, 0.2) is 11.0 Å². The van der Waals surface area contributed by atoms with Crippen molar-refractivity contribution in [1.29, 1.82) is 0 Å². The van der Waals surface area contributed by atoms with Crippen molar-refractivity contribution in [3.05, 3.63) is 36.9 Å². The first-order chi connectivity index (χ1) is 12.1. The number of nitrogens with zero attached hydrogens (tertiary/aromatic N) is 3. The highest BCUT2D eigenvalue weighted by Gasteiger charge is 2.17. The number of benzene rings is 1. The predicted molar refractivity (Wildman–Crippen MR) is 101 cm³/mol. The first-order valence-electron chi connectivity index (χ1n) is 8.20. The van der Waals surface area contributed by atoms with E-state index >= 15 is 0 Å².